The van der Waals surface area contributed by atoms with Crippen LogP contribution in [0.15, 0.2) is 0 Å². The van der Waals surface area contributed by atoms with E-state index in [2.05, 4.69) is 20.9 Å². The van der Waals surface area contributed by atoms with Crippen LogP contribution in [0.3, 0.4) is 0 Å². The van der Waals surface area contributed by atoms with E-state index in [9.17, 15) is 9.59 Å². The van der Waals surface area contributed by atoms with Crippen molar-refractivity contribution in [2.45, 2.75) is 0 Å². The number of piperazine rings is 1. The van der Waals surface area contributed by atoms with Crippen molar-refractivity contribution in [2.75, 3.05) is 59.5 Å². The maximum absolute atomic E-state index is 11.6. The van der Waals surface area contributed by atoms with Gasteiger partial charge in [-0.15, -0.1) is 0 Å². The second-order valence-electron chi connectivity index (χ2n) is 4.15. The third kappa shape index (κ3) is 6.53. The largest absolute Gasteiger partial charge is 0.383 e. The van der Waals surface area contributed by atoms with Crippen molar-refractivity contribution in [2.24, 2.45) is 0 Å². The first-order valence-corrected chi connectivity index (χ1v) is 6.18. The summed E-state index contributed by atoms with van der Waals surface area (Å²) >= 11 is 0. The van der Waals surface area contributed by atoms with Crippen LogP contribution in [-0.2, 0) is 14.3 Å². The lowest BCUT2D eigenvalue weighted by molar-refractivity contribution is -0.126. The van der Waals surface area contributed by atoms with Gasteiger partial charge < -0.3 is 20.7 Å². The smallest absolute Gasteiger partial charge is 0.239 e. The molecule has 0 unspecified atom stereocenters. The molecule has 1 rings (SSSR count). The van der Waals surface area contributed by atoms with Gasteiger partial charge in [0.25, 0.3) is 0 Å². The number of methoxy groups -OCH3 is 1. The number of hydrogen-bond donors (Lipinski definition) is 3. The van der Waals surface area contributed by atoms with E-state index >= 15 is 0 Å². The number of carbonyl (C=O) groups excluding carboxylic acids is 2. The Morgan fingerprint density at radius 1 is 1.22 bits per heavy atom. The zero-order chi connectivity index (χ0) is 13.2. The summed E-state index contributed by atoms with van der Waals surface area (Å²) in [4.78, 5) is 24.9. The van der Waals surface area contributed by atoms with Crippen molar-refractivity contribution in [3.8, 4) is 0 Å². The predicted octanol–water partition coefficient (Wildman–Crippen LogP) is -2.23. The first-order valence-electron chi connectivity index (χ1n) is 6.18. The van der Waals surface area contributed by atoms with Crippen LogP contribution in [-0.4, -0.2) is 76.2 Å². The van der Waals surface area contributed by atoms with Gasteiger partial charge in [-0.3, -0.25) is 14.5 Å². The van der Waals surface area contributed by atoms with Crippen LogP contribution in [0.25, 0.3) is 0 Å². The molecule has 1 aliphatic heterocycles. The highest BCUT2D eigenvalue weighted by atomic mass is 16.5. The molecule has 7 heteroatoms. The molecule has 1 heterocycles. The second kappa shape index (κ2) is 8.84. The van der Waals surface area contributed by atoms with Crippen molar-refractivity contribution >= 4 is 11.8 Å². The number of nitrogens with zero attached hydrogens (tertiary/aromatic N) is 1. The Morgan fingerprint density at radius 2 is 1.94 bits per heavy atom. The first-order chi connectivity index (χ1) is 8.72. The predicted molar refractivity (Wildman–Crippen MR) is 67.2 cm³/mol. The Bertz CT molecular complexity index is 267. The van der Waals surface area contributed by atoms with Crippen LogP contribution in [0.2, 0.25) is 0 Å². The van der Waals surface area contributed by atoms with Gasteiger partial charge in [0.05, 0.1) is 19.7 Å². The SMILES string of the molecule is COCCNC(=O)CNC(=O)CN1CCNCC1. The summed E-state index contributed by atoms with van der Waals surface area (Å²) in [6.07, 6.45) is 0. The van der Waals surface area contributed by atoms with E-state index in [0.717, 1.165) is 26.2 Å². The molecule has 0 saturated carbocycles. The van der Waals surface area contributed by atoms with E-state index in [0.29, 0.717) is 19.7 Å². The third-order valence-electron chi connectivity index (χ3n) is 2.65. The molecular formula is C11H22N4O3. The Labute approximate surface area is 107 Å². The van der Waals surface area contributed by atoms with Gasteiger partial charge in [-0.05, 0) is 0 Å². The van der Waals surface area contributed by atoms with Gasteiger partial charge in [0.2, 0.25) is 11.8 Å². The molecule has 0 radical (unpaired) electrons. The summed E-state index contributed by atoms with van der Waals surface area (Å²) in [7, 11) is 1.57. The molecule has 3 N–H and O–H groups in total. The Kier molecular flexibility index (Phi) is 7.31. The van der Waals surface area contributed by atoms with Gasteiger partial charge in [0.15, 0.2) is 0 Å². The van der Waals surface area contributed by atoms with Gasteiger partial charge in [-0.2, -0.15) is 0 Å². The average Bonchev–Trinajstić information content (AvgIpc) is 2.38. The summed E-state index contributed by atoms with van der Waals surface area (Å²) in [6, 6.07) is 0. The van der Waals surface area contributed by atoms with Crippen molar-refractivity contribution in [3.05, 3.63) is 0 Å². The molecule has 0 aromatic rings. The molecule has 18 heavy (non-hydrogen) atoms. The van der Waals surface area contributed by atoms with E-state index < -0.39 is 0 Å². The lowest BCUT2D eigenvalue weighted by Crippen LogP contribution is -2.48. The second-order valence-corrected chi connectivity index (χ2v) is 4.15. The van der Waals surface area contributed by atoms with Crippen molar-refractivity contribution in [3.63, 3.8) is 0 Å². The van der Waals surface area contributed by atoms with Crippen LogP contribution in [0, 0.1) is 0 Å². The molecular weight excluding hydrogens is 236 g/mol. The molecule has 104 valence electrons. The molecule has 7 nitrogen and oxygen atoms in total. The summed E-state index contributed by atoms with van der Waals surface area (Å²) < 4.78 is 4.80. The Balaban J connectivity index is 2.06. The van der Waals surface area contributed by atoms with E-state index in [1.54, 1.807) is 7.11 Å². The minimum atomic E-state index is -0.194. The third-order valence-corrected chi connectivity index (χ3v) is 2.65. The maximum atomic E-state index is 11.6. The molecule has 1 fully saturated rings. The maximum Gasteiger partial charge on any atom is 0.239 e. The fourth-order valence-corrected chi connectivity index (χ4v) is 1.66. The molecule has 0 aromatic carbocycles. The summed E-state index contributed by atoms with van der Waals surface area (Å²) in [5, 5.41) is 8.46. The Morgan fingerprint density at radius 3 is 2.61 bits per heavy atom. The fraction of sp³-hybridized carbons (Fsp3) is 0.818. The zero-order valence-electron chi connectivity index (χ0n) is 10.8. The Hall–Kier alpha value is -1.18. The standard InChI is InChI=1S/C11H22N4O3/c1-18-7-4-13-10(16)8-14-11(17)9-15-5-2-12-3-6-15/h12H,2-9H2,1H3,(H,13,16)(H,14,17). The van der Waals surface area contributed by atoms with Gasteiger partial charge >= 0.3 is 0 Å². The minimum absolute atomic E-state index is 0.0225. The number of amides is 2. The fourth-order valence-electron chi connectivity index (χ4n) is 1.66. The lowest BCUT2D eigenvalue weighted by atomic mass is 10.3. The molecule has 0 atom stereocenters. The monoisotopic (exact) mass is 258 g/mol. The van der Waals surface area contributed by atoms with E-state index in [4.69, 9.17) is 4.74 Å². The van der Waals surface area contributed by atoms with Crippen LogP contribution >= 0.6 is 0 Å². The molecule has 1 saturated heterocycles. The topological polar surface area (TPSA) is 82.7 Å². The number of carbonyl (C=O) groups is 2. The quantitative estimate of drug-likeness (QED) is 0.450. The number of hydrogen-bond acceptors (Lipinski definition) is 5. The van der Waals surface area contributed by atoms with Gasteiger partial charge in [-0.25, -0.2) is 0 Å². The number of nitrogens with one attached hydrogen (secondary N) is 3. The molecule has 1 aliphatic rings. The van der Waals surface area contributed by atoms with E-state index in [-0.39, 0.29) is 18.4 Å². The number of rotatable bonds is 7. The van der Waals surface area contributed by atoms with Gasteiger partial charge in [-0.1, -0.05) is 0 Å². The zero-order valence-corrected chi connectivity index (χ0v) is 10.8. The van der Waals surface area contributed by atoms with Crippen molar-refractivity contribution in [1.29, 1.82) is 0 Å². The van der Waals surface area contributed by atoms with Crippen LogP contribution < -0.4 is 16.0 Å². The van der Waals surface area contributed by atoms with Gasteiger partial charge in [0.1, 0.15) is 0 Å². The van der Waals surface area contributed by atoms with Gasteiger partial charge in [0, 0.05) is 39.8 Å². The lowest BCUT2D eigenvalue weighted by Gasteiger charge is -2.26. The molecule has 0 bridgehead atoms. The van der Waals surface area contributed by atoms with Crippen LogP contribution in [0.5, 0.6) is 0 Å². The normalized spacial score (nSPS) is 16.3. The summed E-state index contributed by atoms with van der Waals surface area (Å²) in [5.74, 6) is -0.306. The van der Waals surface area contributed by atoms with Crippen LogP contribution in [0.1, 0.15) is 0 Å². The number of ether oxygens (including phenoxy) is 1. The molecule has 0 spiro atoms. The summed E-state index contributed by atoms with van der Waals surface area (Å²) in [5.41, 5.74) is 0. The molecule has 2 amide bonds. The minimum Gasteiger partial charge on any atom is -0.383 e. The molecule has 0 aromatic heterocycles. The average molecular weight is 258 g/mol. The first kappa shape index (κ1) is 14.9. The van der Waals surface area contributed by atoms with Crippen molar-refractivity contribution in [1.82, 2.24) is 20.9 Å². The highest BCUT2D eigenvalue weighted by Crippen LogP contribution is 1.90. The molecule has 0 aliphatic carbocycles. The highest BCUT2D eigenvalue weighted by molar-refractivity contribution is 5.85. The van der Waals surface area contributed by atoms with E-state index in [1.807, 2.05) is 0 Å². The summed E-state index contributed by atoms with van der Waals surface area (Å²) in [6.45, 7) is 4.86. The van der Waals surface area contributed by atoms with Crippen molar-refractivity contribution < 1.29 is 14.3 Å². The highest BCUT2D eigenvalue weighted by Gasteiger charge is 2.13. The van der Waals surface area contributed by atoms with E-state index in [1.165, 1.54) is 0 Å². The van der Waals surface area contributed by atoms with Crippen LogP contribution in [0.4, 0.5) is 0 Å².